The Labute approximate surface area is 107 Å². The second-order valence-electron chi connectivity index (χ2n) is 5.45. The molecule has 1 saturated carbocycles. The molecule has 0 bridgehead atoms. The van der Waals surface area contributed by atoms with E-state index in [4.69, 9.17) is 0 Å². The van der Waals surface area contributed by atoms with Crippen LogP contribution in [0.25, 0.3) is 0 Å². The third-order valence-corrected chi connectivity index (χ3v) is 4.59. The lowest BCUT2D eigenvalue weighted by Crippen LogP contribution is -2.49. The van der Waals surface area contributed by atoms with Crippen LogP contribution in [0.3, 0.4) is 0 Å². The molecule has 102 valence electrons. The van der Waals surface area contributed by atoms with E-state index in [0.29, 0.717) is 12.6 Å². The van der Waals surface area contributed by atoms with Crippen LogP contribution >= 0.6 is 0 Å². The van der Waals surface area contributed by atoms with Gasteiger partial charge in [0.25, 0.3) is 0 Å². The Bertz CT molecular complexity index is 191. The number of rotatable bonds is 7. The molecule has 1 fully saturated rings. The third kappa shape index (κ3) is 3.96. The van der Waals surface area contributed by atoms with Crippen molar-refractivity contribution in [3.8, 4) is 0 Å². The summed E-state index contributed by atoms with van der Waals surface area (Å²) in [6.07, 6.45) is 9.24. The molecule has 0 amide bonds. The fraction of sp³-hybridized carbons (Fsp3) is 1.00. The Hall–Kier alpha value is -0.0800. The predicted molar refractivity (Wildman–Crippen MR) is 74.2 cm³/mol. The van der Waals surface area contributed by atoms with Crippen molar-refractivity contribution < 1.29 is 5.11 Å². The lowest BCUT2D eigenvalue weighted by molar-refractivity contribution is 0.0416. The fourth-order valence-electron chi connectivity index (χ4n) is 3.59. The van der Waals surface area contributed by atoms with E-state index in [1.165, 1.54) is 44.9 Å². The van der Waals surface area contributed by atoms with Gasteiger partial charge in [0.1, 0.15) is 0 Å². The Morgan fingerprint density at radius 3 is 2.29 bits per heavy atom. The van der Waals surface area contributed by atoms with E-state index in [2.05, 4.69) is 25.7 Å². The lowest BCUT2D eigenvalue weighted by atomic mass is 9.81. The van der Waals surface area contributed by atoms with E-state index >= 15 is 0 Å². The van der Waals surface area contributed by atoms with Gasteiger partial charge in [0.2, 0.25) is 0 Å². The molecule has 1 aliphatic rings. The number of hydrogen-bond acceptors (Lipinski definition) is 2. The maximum atomic E-state index is 9.32. The van der Waals surface area contributed by atoms with Gasteiger partial charge < -0.3 is 5.11 Å². The fourth-order valence-corrected chi connectivity index (χ4v) is 3.59. The summed E-state index contributed by atoms with van der Waals surface area (Å²) in [5.41, 5.74) is 0. The molecule has 1 N–H and O–H groups in total. The third-order valence-electron chi connectivity index (χ3n) is 4.59. The Morgan fingerprint density at radius 2 is 1.76 bits per heavy atom. The molecular formula is C15H31NO. The summed E-state index contributed by atoms with van der Waals surface area (Å²) in [5, 5.41) is 9.32. The quantitative estimate of drug-likeness (QED) is 0.738. The van der Waals surface area contributed by atoms with E-state index in [9.17, 15) is 5.11 Å². The number of hydrogen-bond donors (Lipinski definition) is 1. The zero-order chi connectivity index (χ0) is 12.7. The van der Waals surface area contributed by atoms with Crippen molar-refractivity contribution in [1.82, 2.24) is 4.90 Å². The summed E-state index contributed by atoms with van der Waals surface area (Å²) in [5.74, 6) is 0.857. The zero-order valence-corrected chi connectivity index (χ0v) is 12.0. The van der Waals surface area contributed by atoms with Crippen molar-refractivity contribution in [2.45, 2.75) is 77.8 Å². The van der Waals surface area contributed by atoms with Crippen molar-refractivity contribution in [3.05, 3.63) is 0 Å². The molecule has 2 unspecified atom stereocenters. The molecule has 0 radical (unpaired) electrons. The zero-order valence-electron chi connectivity index (χ0n) is 12.0. The normalized spacial score (nSPS) is 25.8. The standard InChI is InChI=1S/C15H31NO/c1-4-13-9-7-8-10-15(13)16(11-12-17)14(5-2)6-3/h13-15,17H,4-12H2,1-3H3. The van der Waals surface area contributed by atoms with Crippen molar-refractivity contribution in [2.75, 3.05) is 13.2 Å². The molecule has 0 spiro atoms. The minimum absolute atomic E-state index is 0.309. The first-order valence-electron chi connectivity index (χ1n) is 7.64. The summed E-state index contributed by atoms with van der Waals surface area (Å²) >= 11 is 0. The highest BCUT2D eigenvalue weighted by Crippen LogP contribution is 2.32. The van der Waals surface area contributed by atoms with Crippen LogP contribution in [0.5, 0.6) is 0 Å². The molecule has 17 heavy (non-hydrogen) atoms. The molecule has 0 saturated heterocycles. The summed E-state index contributed by atoms with van der Waals surface area (Å²) < 4.78 is 0. The molecule has 1 aliphatic carbocycles. The topological polar surface area (TPSA) is 23.5 Å². The Balaban J connectivity index is 2.71. The Morgan fingerprint density at radius 1 is 1.12 bits per heavy atom. The first kappa shape index (κ1) is 15.0. The molecule has 0 aromatic rings. The highest BCUT2D eigenvalue weighted by Gasteiger charge is 2.31. The van der Waals surface area contributed by atoms with E-state index in [1.807, 2.05) is 0 Å². The second kappa shape index (κ2) is 8.10. The summed E-state index contributed by atoms with van der Waals surface area (Å²) in [6, 6.07) is 1.39. The van der Waals surface area contributed by atoms with Crippen LogP contribution in [0.2, 0.25) is 0 Å². The first-order valence-corrected chi connectivity index (χ1v) is 7.64. The second-order valence-corrected chi connectivity index (χ2v) is 5.45. The van der Waals surface area contributed by atoms with Crippen LogP contribution in [0.4, 0.5) is 0 Å². The van der Waals surface area contributed by atoms with Crippen LogP contribution in [0.15, 0.2) is 0 Å². The number of aliphatic hydroxyl groups is 1. The van der Waals surface area contributed by atoms with Crippen LogP contribution in [-0.4, -0.2) is 35.2 Å². The van der Waals surface area contributed by atoms with Gasteiger partial charge in [-0.15, -0.1) is 0 Å². The molecular weight excluding hydrogens is 210 g/mol. The van der Waals surface area contributed by atoms with Crippen molar-refractivity contribution in [1.29, 1.82) is 0 Å². The van der Waals surface area contributed by atoms with Gasteiger partial charge in [-0.3, -0.25) is 4.90 Å². The van der Waals surface area contributed by atoms with Crippen LogP contribution in [0.1, 0.15) is 65.7 Å². The van der Waals surface area contributed by atoms with Gasteiger partial charge in [-0.1, -0.05) is 40.0 Å². The van der Waals surface area contributed by atoms with Crippen molar-refractivity contribution in [3.63, 3.8) is 0 Å². The van der Waals surface area contributed by atoms with Gasteiger partial charge in [-0.05, 0) is 31.6 Å². The predicted octanol–water partition coefficient (Wildman–Crippen LogP) is 3.44. The van der Waals surface area contributed by atoms with E-state index in [1.54, 1.807) is 0 Å². The van der Waals surface area contributed by atoms with E-state index in [0.717, 1.165) is 18.5 Å². The van der Waals surface area contributed by atoms with Gasteiger partial charge in [0, 0.05) is 18.6 Å². The SMILES string of the molecule is CCC1CCCCC1N(CCO)C(CC)CC. The highest BCUT2D eigenvalue weighted by atomic mass is 16.3. The summed E-state index contributed by atoms with van der Waals surface area (Å²) in [4.78, 5) is 2.62. The monoisotopic (exact) mass is 241 g/mol. The van der Waals surface area contributed by atoms with Gasteiger partial charge in [0.15, 0.2) is 0 Å². The molecule has 0 aromatic carbocycles. The smallest absolute Gasteiger partial charge is 0.0558 e. The summed E-state index contributed by atoms with van der Waals surface area (Å²) in [7, 11) is 0. The molecule has 1 rings (SSSR count). The molecule has 2 heteroatoms. The maximum Gasteiger partial charge on any atom is 0.0558 e. The first-order chi connectivity index (χ1) is 8.28. The van der Waals surface area contributed by atoms with Crippen LogP contribution < -0.4 is 0 Å². The van der Waals surface area contributed by atoms with Gasteiger partial charge >= 0.3 is 0 Å². The minimum Gasteiger partial charge on any atom is -0.395 e. The van der Waals surface area contributed by atoms with Gasteiger partial charge in [-0.2, -0.15) is 0 Å². The van der Waals surface area contributed by atoms with Crippen LogP contribution in [0, 0.1) is 5.92 Å². The Kier molecular flexibility index (Phi) is 7.14. The van der Waals surface area contributed by atoms with Crippen molar-refractivity contribution in [2.24, 2.45) is 5.92 Å². The number of aliphatic hydroxyl groups excluding tert-OH is 1. The largest absolute Gasteiger partial charge is 0.395 e. The minimum atomic E-state index is 0.309. The van der Waals surface area contributed by atoms with E-state index < -0.39 is 0 Å². The molecule has 0 heterocycles. The van der Waals surface area contributed by atoms with Gasteiger partial charge in [0.05, 0.1) is 6.61 Å². The summed E-state index contributed by atoms with van der Waals surface area (Å²) in [6.45, 7) is 8.06. The van der Waals surface area contributed by atoms with E-state index in [-0.39, 0.29) is 0 Å². The van der Waals surface area contributed by atoms with Crippen molar-refractivity contribution >= 4 is 0 Å². The highest BCUT2D eigenvalue weighted by molar-refractivity contribution is 4.86. The van der Waals surface area contributed by atoms with Gasteiger partial charge in [-0.25, -0.2) is 0 Å². The molecule has 0 aliphatic heterocycles. The average molecular weight is 241 g/mol. The molecule has 2 nitrogen and oxygen atoms in total. The maximum absolute atomic E-state index is 9.32. The number of nitrogens with zero attached hydrogens (tertiary/aromatic N) is 1. The van der Waals surface area contributed by atoms with Crippen LogP contribution in [-0.2, 0) is 0 Å². The molecule has 2 atom stereocenters. The molecule has 0 aromatic heterocycles. The lowest BCUT2D eigenvalue weighted by Gasteiger charge is -2.43. The average Bonchev–Trinajstić information content (AvgIpc) is 2.39.